The van der Waals surface area contributed by atoms with Gasteiger partial charge in [-0.05, 0) is 44.5 Å². The van der Waals surface area contributed by atoms with Crippen molar-refractivity contribution >= 4 is 34.8 Å². The van der Waals surface area contributed by atoms with Gasteiger partial charge in [-0.1, -0.05) is 5.16 Å². The third-order valence-electron chi connectivity index (χ3n) is 3.80. The van der Waals surface area contributed by atoms with Crippen molar-refractivity contribution in [1.29, 1.82) is 0 Å². The second-order valence-electron chi connectivity index (χ2n) is 5.72. The number of carbonyl (C=O) groups is 1. The first-order valence-electron chi connectivity index (χ1n) is 7.01. The molecule has 3 rings (SSSR count). The van der Waals surface area contributed by atoms with E-state index in [1.807, 2.05) is 0 Å². The number of hydrogen-bond acceptors (Lipinski definition) is 5. The molecule has 1 heterocycles. The van der Waals surface area contributed by atoms with Gasteiger partial charge in [-0.2, -0.15) is 4.98 Å². The van der Waals surface area contributed by atoms with Crippen LogP contribution in [0.25, 0.3) is 0 Å². The molecule has 1 fully saturated rings. The third-order valence-corrected chi connectivity index (χ3v) is 4.90. The molecule has 1 aromatic carbocycles. The SMILES string of the molecule is Cc1noc(COc2ccc(NC(=O)C3(C)CC3(Cl)Cl)cc2)n1. The second-order valence-corrected chi connectivity index (χ2v) is 7.20. The fourth-order valence-corrected chi connectivity index (χ4v) is 2.80. The number of anilines is 1. The van der Waals surface area contributed by atoms with E-state index in [0.29, 0.717) is 29.6 Å². The molecule has 1 amide bonds. The standard InChI is InChI=1S/C15H15Cl2N3O3/c1-9-18-12(23-20-9)7-22-11-5-3-10(4-6-11)19-13(21)14(2)8-15(14,16)17/h3-6H,7-8H2,1-2H3,(H,19,21). The molecule has 0 aliphatic heterocycles. The van der Waals surface area contributed by atoms with Crippen molar-refractivity contribution in [3.8, 4) is 5.75 Å². The van der Waals surface area contributed by atoms with Crippen molar-refractivity contribution in [3.63, 3.8) is 0 Å². The van der Waals surface area contributed by atoms with Gasteiger partial charge in [0.2, 0.25) is 5.91 Å². The number of nitrogens with zero attached hydrogens (tertiary/aromatic N) is 2. The number of benzene rings is 1. The number of ether oxygens (including phenoxy) is 1. The van der Waals surface area contributed by atoms with Gasteiger partial charge in [-0.3, -0.25) is 4.79 Å². The number of aryl methyl sites for hydroxylation is 1. The summed E-state index contributed by atoms with van der Waals surface area (Å²) >= 11 is 12.0. The lowest BCUT2D eigenvalue weighted by atomic mass is 10.1. The molecule has 1 aliphatic rings. The lowest BCUT2D eigenvalue weighted by molar-refractivity contribution is -0.120. The highest BCUT2D eigenvalue weighted by molar-refractivity contribution is 6.53. The van der Waals surface area contributed by atoms with Crippen molar-refractivity contribution in [2.45, 2.75) is 31.2 Å². The van der Waals surface area contributed by atoms with Crippen LogP contribution in [0.1, 0.15) is 25.1 Å². The summed E-state index contributed by atoms with van der Waals surface area (Å²) in [6, 6.07) is 6.95. The topological polar surface area (TPSA) is 77.3 Å². The predicted octanol–water partition coefficient (Wildman–Crippen LogP) is 3.48. The highest BCUT2D eigenvalue weighted by atomic mass is 35.5. The van der Waals surface area contributed by atoms with E-state index in [0.717, 1.165) is 0 Å². The van der Waals surface area contributed by atoms with Gasteiger partial charge in [-0.15, -0.1) is 23.2 Å². The second kappa shape index (κ2) is 5.69. The molecule has 6 nitrogen and oxygen atoms in total. The average molecular weight is 356 g/mol. The molecule has 0 saturated heterocycles. The van der Waals surface area contributed by atoms with E-state index in [1.165, 1.54) is 0 Å². The van der Waals surface area contributed by atoms with Gasteiger partial charge >= 0.3 is 0 Å². The van der Waals surface area contributed by atoms with Crippen LogP contribution in [0.15, 0.2) is 28.8 Å². The number of aromatic nitrogens is 2. The molecule has 8 heteroatoms. The fraction of sp³-hybridized carbons (Fsp3) is 0.400. The Morgan fingerprint density at radius 2 is 2.04 bits per heavy atom. The molecule has 122 valence electrons. The average Bonchev–Trinajstić information content (AvgIpc) is 2.82. The minimum absolute atomic E-state index is 0.186. The zero-order chi connectivity index (χ0) is 16.7. The van der Waals surface area contributed by atoms with Gasteiger partial charge in [0.05, 0.1) is 5.41 Å². The first kappa shape index (κ1) is 16.1. The van der Waals surface area contributed by atoms with Crippen LogP contribution in [0.4, 0.5) is 5.69 Å². The molecule has 1 N–H and O–H groups in total. The molecule has 1 aromatic heterocycles. The highest BCUT2D eigenvalue weighted by Crippen LogP contribution is 2.64. The molecule has 1 aliphatic carbocycles. The lowest BCUT2D eigenvalue weighted by Gasteiger charge is -2.13. The Labute approximate surface area is 143 Å². The number of rotatable bonds is 5. The first-order chi connectivity index (χ1) is 10.8. The summed E-state index contributed by atoms with van der Waals surface area (Å²) in [6.45, 7) is 3.67. The summed E-state index contributed by atoms with van der Waals surface area (Å²) in [4.78, 5) is 16.2. The number of amides is 1. The maximum absolute atomic E-state index is 12.2. The van der Waals surface area contributed by atoms with E-state index < -0.39 is 9.75 Å². The zero-order valence-corrected chi connectivity index (χ0v) is 14.1. The Hall–Kier alpha value is -1.79. The lowest BCUT2D eigenvalue weighted by Crippen LogP contribution is -2.25. The van der Waals surface area contributed by atoms with Gasteiger partial charge in [0.15, 0.2) is 12.4 Å². The number of carbonyl (C=O) groups excluding carboxylic acids is 1. The highest BCUT2D eigenvalue weighted by Gasteiger charge is 2.67. The molecule has 1 unspecified atom stereocenters. The fourth-order valence-electron chi connectivity index (χ4n) is 2.09. The van der Waals surface area contributed by atoms with Gasteiger partial charge in [0.25, 0.3) is 5.89 Å². The maximum Gasteiger partial charge on any atom is 0.264 e. The van der Waals surface area contributed by atoms with Crippen LogP contribution in [-0.2, 0) is 11.4 Å². The van der Waals surface area contributed by atoms with E-state index in [1.54, 1.807) is 38.1 Å². The molecule has 2 aromatic rings. The number of nitrogens with one attached hydrogen (secondary N) is 1. The Morgan fingerprint density at radius 3 is 2.57 bits per heavy atom. The molecule has 1 saturated carbocycles. The quantitative estimate of drug-likeness (QED) is 0.830. The minimum Gasteiger partial charge on any atom is -0.484 e. The normalized spacial score (nSPS) is 21.7. The molecule has 0 radical (unpaired) electrons. The van der Waals surface area contributed by atoms with Crippen molar-refractivity contribution in [2.24, 2.45) is 5.41 Å². The molecule has 0 spiro atoms. The molecule has 0 bridgehead atoms. The maximum atomic E-state index is 12.2. The van der Waals surface area contributed by atoms with E-state index >= 15 is 0 Å². The summed E-state index contributed by atoms with van der Waals surface area (Å²) < 4.78 is 9.50. The Kier molecular flexibility index (Phi) is 3.98. The van der Waals surface area contributed by atoms with Crippen LogP contribution in [0.5, 0.6) is 5.75 Å². The third kappa shape index (κ3) is 3.28. The Morgan fingerprint density at radius 1 is 1.39 bits per heavy atom. The van der Waals surface area contributed by atoms with Crippen LogP contribution >= 0.6 is 23.2 Å². The predicted molar refractivity (Wildman–Crippen MR) is 85.6 cm³/mol. The van der Waals surface area contributed by atoms with E-state index in [-0.39, 0.29) is 12.5 Å². The monoisotopic (exact) mass is 355 g/mol. The number of halogens is 2. The number of hydrogen-bond donors (Lipinski definition) is 1. The summed E-state index contributed by atoms with van der Waals surface area (Å²) in [5.41, 5.74) is -0.102. The Balaban J connectivity index is 1.56. The van der Waals surface area contributed by atoms with Gasteiger partial charge < -0.3 is 14.6 Å². The van der Waals surface area contributed by atoms with Crippen LogP contribution in [0.3, 0.4) is 0 Å². The van der Waals surface area contributed by atoms with Crippen molar-refractivity contribution in [2.75, 3.05) is 5.32 Å². The molecule has 23 heavy (non-hydrogen) atoms. The molecule has 1 atom stereocenters. The Bertz CT molecular complexity index is 730. The van der Waals surface area contributed by atoms with Crippen LogP contribution in [0, 0.1) is 12.3 Å². The largest absolute Gasteiger partial charge is 0.484 e. The van der Waals surface area contributed by atoms with E-state index in [4.69, 9.17) is 32.5 Å². The minimum atomic E-state index is -0.984. The number of alkyl halides is 2. The van der Waals surface area contributed by atoms with Gasteiger partial charge in [0, 0.05) is 5.69 Å². The van der Waals surface area contributed by atoms with Crippen LogP contribution < -0.4 is 10.1 Å². The van der Waals surface area contributed by atoms with Crippen LogP contribution in [0.2, 0.25) is 0 Å². The van der Waals surface area contributed by atoms with E-state index in [2.05, 4.69) is 15.5 Å². The zero-order valence-electron chi connectivity index (χ0n) is 12.6. The van der Waals surface area contributed by atoms with Gasteiger partial charge in [0.1, 0.15) is 10.1 Å². The van der Waals surface area contributed by atoms with Crippen molar-refractivity contribution in [3.05, 3.63) is 36.0 Å². The summed E-state index contributed by atoms with van der Waals surface area (Å²) in [5, 5.41) is 6.48. The summed E-state index contributed by atoms with van der Waals surface area (Å²) in [6.07, 6.45) is 0.444. The summed E-state index contributed by atoms with van der Waals surface area (Å²) in [7, 11) is 0. The molecular weight excluding hydrogens is 341 g/mol. The smallest absolute Gasteiger partial charge is 0.264 e. The van der Waals surface area contributed by atoms with Crippen molar-refractivity contribution < 1.29 is 14.1 Å². The molecular formula is C15H15Cl2N3O3. The van der Waals surface area contributed by atoms with E-state index in [9.17, 15) is 4.79 Å². The van der Waals surface area contributed by atoms with Gasteiger partial charge in [-0.25, -0.2) is 0 Å². The first-order valence-corrected chi connectivity index (χ1v) is 7.77. The van der Waals surface area contributed by atoms with Crippen molar-refractivity contribution in [1.82, 2.24) is 10.1 Å². The van der Waals surface area contributed by atoms with Crippen LogP contribution in [-0.4, -0.2) is 20.4 Å². The summed E-state index contributed by atoms with van der Waals surface area (Å²) in [5.74, 6) is 1.39.